The van der Waals surface area contributed by atoms with Gasteiger partial charge in [-0.15, -0.1) is 0 Å². The van der Waals surface area contributed by atoms with Gasteiger partial charge in [0.05, 0.1) is 0 Å². The Bertz CT molecular complexity index is 343. The number of halogens is 1. The van der Waals surface area contributed by atoms with Gasteiger partial charge < -0.3 is 5.32 Å². The number of piperidine rings is 1. The van der Waals surface area contributed by atoms with E-state index in [2.05, 4.69) is 24.4 Å². The highest BCUT2D eigenvalue weighted by Gasteiger charge is 2.15. The molecule has 0 saturated carbocycles. The Kier molecular flexibility index (Phi) is 4.25. The van der Waals surface area contributed by atoms with Crippen molar-refractivity contribution in [2.45, 2.75) is 32.6 Å². The third kappa shape index (κ3) is 2.99. The summed E-state index contributed by atoms with van der Waals surface area (Å²) in [6.45, 7) is 4.56. The second kappa shape index (κ2) is 5.70. The van der Waals surface area contributed by atoms with Crippen LogP contribution in [0.15, 0.2) is 18.2 Å². The Morgan fingerprint density at radius 3 is 2.94 bits per heavy atom. The maximum absolute atomic E-state index is 6.08. The summed E-state index contributed by atoms with van der Waals surface area (Å²) in [6.07, 6.45) is 4.94. The van der Waals surface area contributed by atoms with Crippen molar-refractivity contribution in [3.63, 3.8) is 0 Å². The molecule has 2 heteroatoms. The molecule has 1 nitrogen and oxygen atoms in total. The van der Waals surface area contributed by atoms with Crippen molar-refractivity contribution in [2.75, 3.05) is 13.1 Å². The molecule has 1 heterocycles. The first kappa shape index (κ1) is 11.9. The van der Waals surface area contributed by atoms with Crippen LogP contribution in [0, 0.1) is 5.92 Å². The molecule has 0 aliphatic carbocycles. The molecule has 0 amide bonds. The van der Waals surface area contributed by atoms with E-state index in [-0.39, 0.29) is 0 Å². The first-order chi connectivity index (χ1) is 7.79. The lowest BCUT2D eigenvalue weighted by atomic mass is 9.90. The van der Waals surface area contributed by atoms with E-state index in [1.807, 2.05) is 6.07 Å². The molecule has 16 heavy (non-hydrogen) atoms. The summed E-state index contributed by atoms with van der Waals surface area (Å²) in [6, 6.07) is 6.33. The zero-order chi connectivity index (χ0) is 11.4. The number of nitrogens with one attached hydrogen (secondary N) is 1. The standard InChI is InChI=1S/C14H20ClN/c1-2-12-5-6-14(15)9-13(12)8-11-4-3-7-16-10-11/h5-6,9,11,16H,2-4,7-8,10H2,1H3. The molecule has 1 saturated heterocycles. The Labute approximate surface area is 103 Å². The number of hydrogen-bond acceptors (Lipinski definition) is 1. The van der Waals surface area contributed by atoms with Gasteiger partial charge in [-0.25, -0.2) is 0 Å². The molecule has 0 radical (unpaired) electrons. The van der Waals surface area contributed by atoms with Crippen LogP contribution in [0.25, 0.3) is 0 Å². The zero-order valence-corrected chi connectivity index (χ0v) is 10.7. The first-order valence-electron chi connectivity index (χ1n) is 6.27. The number of benzene rings is 1. The number of aryl methyl sites for hydroxylation is 1. The normalized spacial score (nSPS) is 21.0. The largest absolute Gasteiger partial charge is 0.316 e. The Hall–Kier alpha value is -0.530. The lowest BCUT2D eigenvalue weighted by molar-refractivity contribution is 0.375. The summed E-state index contributed by atoms with van der Waals surface area (Å²) in [4.78, 5) is 0. The summed E-state index contributed by atoms with van der Waals surface area (Å²) in [5, 5.41) is 4.35. The molecule has 1 aliphatic rings. The van der Waals surface area contributed by atoms with E-state index in [1.165, 1.54) is 36.9 Å². The Morgan fingerprint density at radius 2 is 2.25 bits per heavy atom. The smallest absolute Gasteiger partial charge is 0.0408 e. The van der Waals surface area contributed by atoms with Crippen molar-refractivity contribution in [1.29, 1.82) is 0 Å². The second-order valence-electron chi connectivity index (χ2n) is 4.68. The van der Waals surface area contributed by atoms with Crippen LogP contribution in [-0.4, -0.2) is 13.1 Å². The fourth-order valence-corrected chi connectivity index (χ4v) is 2.73. The van der Waals surface area contributed by atoms with Crippen molar-refractivity contribution in [3.8, 4) is 0 Å². The van der Waals surface area contributed by atoms with E-state index in [0.29, 0.717) is 0 Å². The third-order valence-electron chi connectivity index (χ3n) is 3.46. The molecule has 1 fully saturated rings. The monoisotopic (exact) mass is 237 g/mol. The fraction of sp³-hybridized carbons (Fsp3) is 0.571. The Morgan fingerprint density at radius 1 is 1.38 bits per heavy atom. The maximum Gasteiger partial charge on any atom is 0.0408 e. The summed E-state index contributed by atoms with van der Waals surface area (Å²) >= 11 is 6.08. The van der Waals surface area contributed by atoms with E-state index >= 15 is 0 Å². The van der Waals surface area contributed by atoms with Crippen molar-refractivity contribution in [2.24, 2.45) is 5.92 Å². The molecular formula is C14H20ClN. The molecule has 0 aromatic heterocycles. The summed E-state index contributed by atoms with van der Waals surface area (Å²) in [5.41, 5.74) is 2.90. The van der Waals surface area contributed by atoms with E-state index in [9.17, 15) is 0 Å². The third-order valence-corrected chi connectivity index (χ3v) is 3.69. The molecule has 0 spiro atoms. The van der Waals surface area contributed by atoms with Gasteiger partial charge in [-0.3, -0.25) is 0 Å². The highest BCUT2D eigenvalue weighted by Crippen LogP contribution is 2.22. The molecular weight excluding hydrogens is 218 g/mol. The van der Waals surface area contributed by atoms with Crippen LogP contribution < -0.4 is 5.32 Å². The highest BCUT2D eigenvalue weighted by atomic mass is 35.5. The number of rotatable bonds is 3. The summed E-state index contributed by atoms with van der Waals surface area (Å²) in [7, 11) is 0. The topological polar surface area (TPSA) is 12.0 Å². The van der Waals surface area contributed by atoms with Gasteiger partial charge in [0.25, 0.3) is 0 Å². The van der Waals surface area contributed by atoms with Gasteiger partial charge in [-0.05, 0) is 68.0 Å². The summed E-state index contributed by atoms with van der Waals surface area (Å²) < 4.78 is 0. The molecule has 1 aliphatic heterocycles. The van der Waals surface area contributed by atoms with Gasteiger partial charge in [0.1, 0.15) is 0 Å². The minimum atomic E-state index is 0.789. The Balaban J connectivity index is 2.09. The minimum absolute atomic E-state index is 0.789. The molecule has 1 aromatic carbocycles. The lowest BCUT2D eigenvalue weighted by Gasteiger charge is -2.23. The maximum atomic E-state index is 6.08. The van der Waals surface area contributed by atoms with Crippen LogP contribution in [0.5, 0.6) is 0 Å². The average molecular weight is 238 g/mol. The van der Waals surface area contributed by atoms with Crippen LogP contribution in [0.1, 0.15) is 30.9 Å². The zero-order valence-electron chi connectivity index (χ0n) is 9.93. The van der Waals surface area contributed by atoms with E-state index in [4.69, 9.17) is 11.6 Å². The van der Waals surface area contributed by atoms with Crippen molar-refractivity contribution in [3.05, 3.63) is 34.3 Å². The van der Waals surface area contributed by atoms with E-state index in [1.54, 1.807) is 0 Å². The van der Waals surface area contributed by atoms with Gasteiger partial charge in [-0.1, -0.05) is 24.6 Å². The van der Waals surface area contributed by atoms with E-state index in [0.717, 1.165) is 23.9 Å². The molecule has 1 atom stereocenters. The minimum Gasteiger partial charge on any atom is -0.316 e. The molecule has 1 aromatic rings. The van der Waals surface area contributed by atoms with Crippen LogP contribution >= 0.6 is 11.6 Å². The van der Waals surface area contributed by atoms with Crippen LogP contribution in [0.3, 0.4) is 0 Å². The van der Waals surface area contributed by atoms with Gasteiger partial charge in [0, 0.05) is 5.02 Å². The van der Waals surface area contributed by atoms with Gasteiger partial charge in [0.2, 0.25) is 0 Å². The number of hydrogen-bond donors (Lipinski definition) is 1. The molecule has 1 unspecified atom stereocenters. The van der Waals surface area contributed by atoms with Crippen molar-refractivity contribution < 1.29 is 0 Å². The average Bonchev–Trinajstić information content (AvgIpc) is 2.31. The highest BCUT2D eigenvalue weighted by molar-refractivity contribution is 6.30. The summed E-state index contributed by atoms with van der Waals surface area (Å²) in [5.74, 6) is 0.789. The van der Waals surface area contributed by atoms with Gasteiger partial charge >= 0.3 is 0 Å². The fourth-order valence-electron chi connectivity index (χ4n) is 2.54. The van der Waals surface area contributed by atoms with Crippen LogP contribution in [-0.2, 0) is 12.8 Å². The van der Waals surface area contributed by atoms with Crippen LogP contribution in [0.4, 0.5) is 0 Å². The van der Waals surface area contributed by atoms with Crippen molar-refractivity contribution >= 4 is 11.6 Å². The predicted molar refractivity (Wildman–Crippen MR) is 70.1 cm³/mol. The molecule has 1 N–H and O–H groups in total. The van der Waals surface area contributed by atoms with Crippen LogP contribution in [0.2, 0.25) is 5.02 Å². The SMILES string of the molecule is CCc1ccc(Cl)cc1CC1CCCNC1. The van der Waals surface area contributed by atoms with E-state index < -0.39 is 0 Å². The lowest BCUT2D eigenvalue weighted by Crippen LogP contribution is -2.31. The second-order valence-corrected chi connectivity index (χ2v) is 5.12. The van der Waals surface area contributed by atoms with Crippen molar-refractivity contribution in [1.82, 2.24) is 5.32 Å². The molecule has 0 bridgehead atoms. The quantitative estimate of drug-likeness (QED) is 0.849. The molecule has 88 valence electrons. The predicted octanol–water partition coefficient (Wildman–Crippen LogP) is 3.44. The molecule has 2 rings (SSSR count). The van der Waals surface area contributed by atoms with Gasteiger partial charge in [0.15, 0.2) is 0 Å². The first-order valence-corrected chi connectivity index (χ1v) is 6.65. The van der Waals surface area contributed by atoms with Gasteiger partial charge in [-0.2, -0.15) is 0 Å².